The Hall–Kier alpha value is -0.460. The van der Waals surface area contributed by atoms with Gasteiger partial charge in [-0.3, -0.25) is 0 Å². The fourth-order valence-corrected chi connectivity index (χ4v) is 2.46. The third kappa shape index (κ3) is 3.04. The zero-order chi connectivity index (χ0) is 10.8. The Morgan fingerprint density at radius 1 is 1.64 bits per heavy atom. The third-order valence-corrected chi connectivity index (χ3v) is 4.67. The molecule has 0 saturated carbocycles. The molecule has 4 nitrogen and oxygen atoms in total. The van der Waals surface area contributed by atoms with Crippen molar-refractivity contribution in [3.8, 4) is 0 Å². The van der Waals surface area contributed by atoms with E-state index in [0.29, 0.717) is 6.42 Å². The molecule has 0 aromatic carbocycles. The van der Waals surface area contributed by atoms with Crippen molar-refractivity contribution in [3.05, 3.63) is 16.6 Å². The highest BCUT2D eigenvalue weighted by Crippen LogP contribution is 2.11. The van der Waals surface area contributed by atoms with Crippen LogP contribution in [0.1, 0.15) is 11.9 Å². The molecule has 0 fully saturated rings. The van der Waals surface area contributed by atoms with Crippen LogP contribution in [0, 0.1) is 0 Å². The van der Waals surface area contributed by atoms with Gasteiger partial charge in [0.2, 0.25) is 0 Å². The van der Waals surface area contributed by atoms with Crippen LogP contribution in [0.25, 0.3) is 0 Å². The number of hydrogen-bond donors (Lipinski definition) is 1. The van der Waals surface area contributed by atoms with Crippen molar-refractivity contribution in [3.63, 3.8) is 0 Å². The van der Waals surface area contributed by atoms with Gasteiger partial charge in [-0.25, -0.2) is 13.4 Å². The molecule has 0 amide bonds. The van der Waals surface area contributed by atoms with Crippen LogP contribution in [0.4, 0.5) is 0 Å². The fraction of sp³-hybridized carbons (Fsp3) is 0.625. The van der Waals surface area contributed by atoms with Crippen molar-refractivity contribution in [2.45, 2.75) is 24.6 Å². The highest BCUT2D eigenvalue weighted by atomic mass is 32.2. The van der Waals surface area contributed by atoms with Gasteiger partial charge in [-0.05, 0) is 6.92 Å². The van der Waals surface area contributed by atoms with Gasteiger partial charge in [0.05, 0.1) is 10.3 Å². The minimum atomic E-state index is -3.05. The highest BCUT2D eigenvalue weighted by Gasteiger charge is 2.23. The van der Waals surface area contributed by atoms with Gasteiger partial charge in [0.15, 0.2) is 9.84 Å². The van der Waals surface area contributed by atoms with Gasteiger partial charge < -0.3 is 5.73 Å². The lowest BCUT2D eigenvalue weighted by Gasteiger charge is -2.16. The van der Waals surface area contributed by atoms with Crippen LogP contribution in [0.5, 0.6) is 0 Å². The maximum atomic E-state index is 11.2. The molecule has 1 heterocycles. The molecule has 1 aromatic rings. The third-order valence-electron chi connectivity index (χ3n) is 2.17. The van der Waals surface area contributed by atoms with Crippen molar-refractivity contribution < 1.29 is 8.42 Å². The summed E-state index contributed by atoms with van der Waals surface area (Å²) < 4.78 is 22.4. The lowest BCUT2D eigenvalue weighted by Crippen LogP contribution is -2.39. The number of nitrogens with zero attached hydrogens (tertiary/aromatic N) is 1. The summed E-state index contributed by atoms with van der Waals surface area (Å²) >= 11 is 1.49. The van der Waals surface area contributed by atoms with Crippen LogP contribution in [0.2, 0.25) is 0 Å². The average molecular weight is 234 g/mol. The van der Waals surface area contributed by atoms with Gasteiger partial charge in [0.25, 0.3) is 0 Å². The maximum Gasteiger partial charge on any atom is 0.151 e. The van der Waals surface area contributed by atoms with E-state index in [2.05, 4.69) is 4.98 Å². The summed E-state index contributed by atoms with van der Waals surface area (Å²) in [6.07, 6.45) is 3.42. The molecule has 0 aliphatic heterocycles. The highest BCUT2D eigenvalue weighted by molar-refractivity contribution is 7.91. The van der Waals surface area contributed by atoms with E-state index >= 15 is 0 Å². The molecule has 0 aliphatic rings. The number of nitrogens with two attached hydrogens (primary N) is 1. The Morgan fingerprint density at radius 3 is 2.71 bits per heavy atom. The summed E-state index contributed by atoms with van der Waals surface area (Å²) in [4.78, 5) is 4.06. The molecule has 2 unspecified atom stereocenters. The molecule has 2 N–H and O–H groups in total. The normalized spacial score (nSPS) is 16.5. The topological polar surface area (TPSA) is 73.0 Å². The minimum Gasteiger partial charge on any atom is -0.326 e. The Balaban J connectivity index is 2.63. The molecule has 6 heteroatoms. The number of hydrogen-bond acceptors (Lipinski definition) is 5. The zero-order valence-electron chi connectivity index (χ0n) is 8.17. The van der Waals surface area contributed by atoms with Crippen molar-refractivity contribution in [2.24, 2.45) is 5.73 Å². The van der Waals surface area contributed by atoms with Gasteiger partial charge >= 0.3 is 0 Å². The Kier molecular flexibility index (Phi) is 3.63. The van der Waals surface area contributed by atoms with Gasteiger partial charge in [-0.2, -0.15) is 0 Å². The maximum absolute atomic E-state index is 11.2. The van der Waals surface area contributed by atoms with Crippen LogP contribution in [-0.4, -0.2) is 30.9 Å². The summed E-state index contributed by atoms with van der Waals surface area (Å²) in [6, 6.07) is -0.379. The molecule has 0 aliphatic carbocycles. The van der Waals surface area contributed by atoms with Crippen molar-refractivity contribution >= 4 is 21.2 Å². The second-order valence-electron chi connectivity index (χ2n) is 3.33. The first-order valence-corrected chi connectivity index (χ1v) is 7.07. The van der Waals surface area contributed by atoms with E-state index < -0.39 is 15.1 Å². The second kappa shape index (κ2) is 4.37. The fourth-order valence-electron chi connectivity index (χ4n) is 1.04. The van der Waals surface area contributed by atoms with Crippen LogP contribution in [-0.2, 0) is 16.3 Å². The van der Waals surface area contributed by atoms with Crippen LogP contribution in [0.15, 0.2) is 11.6 Å². The lowest BCUT2D eigenvalue weighted by atomic mass is 10.2. The predicted molar refractivity (Wildman–Crippen MR) is 58.1 cm³/mol. The Morgan fingerprint density at radius 2 is 2.29 bits per heavy atom. The summed E-state index contributed by atoms with van der Waals surface area (Å²) in [5.41, 5.74) is 5.78. The minimum absolute atomic E-state index is 0.379. The van der Waals surface area contributed by atoms with Gasteiger partial charge in [0, 0.05) is 30.3 Å². The lowest BCUT2D eigenvalue weighted by molar-refractivity contribution is 0.561. The molecule has 2 atom stereocenters. The van der Waals surface area contributed by atoms with E-state index in [4.69, 9.17) is 5.73 Å². The standard InChI is InChI=1S/C8H14N2O2S2/c1-6(14(2,11)12)7(9)5-8-10-3-4-13-8/h3-4,6-7H,5,9H2,1-2H3. The quantitative estimate of drug-likeness (QED) is 0.820. The summed E-state index contributed by atoms with van der Waals surface area (Å²) in [5, 5.41) is 2.21. The molecule has 0 bridgehead atoms. The van der Waals surface area contributed by atoms with Crippen LogP contribution < -0.4 is 5.73 Å². The molecule has 0 saturated heterocycles. The Labute approximate surface area is 88.1 Å². The number of rotatable bonds is 4. The zero-order valence-corrected chi connectivity index (χ0v) is 9.81. The summed E-state index contributed by atoms with van der Waals surface area (Å²) in [7, 11) is -3.05. The number of aromatic nitrogens is 1. The summed E-state index contributed by atoms with van der Waals surface area (Å²) in [5.74, 6) is 0. The van der Waals surface area contributed by atoms with Gasteiger partial charge in [-0.1, -0.05) is 0 Å². The molecular formula is C8H14N2O2S2. The van der Waals surface area contributed by atoms with Crippen molar-refractivity contribution in [1.82, 2.24) is 4.98 Å². The van der Waals surface area contributed by atoms with Gasteiger partial charge in [-0.15, -0.1) is 11.3 Å². The van der Waals surface area contributed by atoms with E-state index in [0.717, 1.165) is 5.01 Å². The first kappa shape index (κ1) is 11.6. The SMILES string of the molecule is CC(C(N)Cc1nccs1)S(C)(=O)=O. The molecule has 80 valence electrons. The average Bonchev–Trinajstić information content (AvgIpc) is 2.53. The van der Waals surface area contributed by atoms with E-state index in [1.54, 1.807) is 13.1 Å². The largest absolute Gasteiger partial charge is 0.326 e. The molecule has 0 radical (unpaired) electrons. The number of thiazole rings is 1. The molecule has 0 spiro atoms. The van der Waals surface area contributed by atoms with Crippen LogP contribution in [0.3, 0.4) is 0 Å². The van der Waals surface area contributed by atoms with E-state index in [9.17, 15) is 8.42 Å². The van der Waals surface area contributed by atoms with E-state index in [1.807, 2.05) is 5.38 Å². The molecule has 1 rings (SSSR count). The molecular weight excluding hydrogens is 220 g/mol. The number of sulfone groups is 1. The molecule has 14 heavy (non-hydrogen) atoms. The van der Waals surface area contributed by atoms with Crippen LogP contribution >= 0.6 is 11.3 Å². The first-order chi connectivity index (χ1) is 6.41. The molecule has 1 aromatic heterocycles. The summed E-state index contributed by atoms with van der Waals surface area (Å²) in [6.45, 7) is 1.63. The first-order valence-electron chi connectivity index (χ1n) is 4.24. The smallest absolute Gasteiger partial charge is 0.151 e. The van der Waals surface area contributed by atoms with Gasteiger partial charge in [0.1, 0.15) is 0 Å². The second-order valence-corrected chi connectivity index (χ2v) is 6.71. The Bertz CT molecular complexity index is 372. The van der Waals surface area contributed by atoms with E-state index in [1.165, 1.54) is 17.6 Å². The van der Waals surface area contributed by atoms with Crippen molar-refractivity contribution in [1.29, 1.82) is 0 Å². The predicted octanol–water partition coefficient (Wildman–Crippen LogP) is 0.446. The monoisotopic (exact) mass is 234 g/mol. The van der Waals surface area contributed by atoms with Crippen molar-refractivity contribution in [2.75, 3.05) is 6.26 Å². The van der Waals surface area contributed by atoms with E-state index in [-0.39, 0.29) is 6.04 Å².